The molecule has 3 rings (SSSR count). The molecule has 0 aliphatic heterocycles. The Morgan fingerprint density at radius 3 is 2.15 bits per heavy atom. The third-order valence-electron chi connectivity index (χ3n) is 3.84. The number of halogens is 2. The number of anilines is 1. The van der Waals surface area contributed by atoms with Crippen molar-refractivity contribution < 1.29 is 14.0 Å². The standard InChI is InChI=1S/C21H16BrFN2O2/c22-16-11-15(12-17(23)13-16)20(26)25-19(14-7-3-1-4-8-14)21(27)24-18-9-5-2-6-10-18/h1-13,19H,(H,24,27)(H,25,26). The SMILES string of the molecule is O=C(NC(C(=O)Nc1ccccc1)c1ccccc1)c1cc(F)cc(Br)c1. The maximum absolute atomic E-state index is 13.6. The van der Waals surface area contributed by atoms with Crippen LogP contribution in [0.15, 0.2) is 83.3 Å². The van der Waals surface area contributed by atoms with Gasteiger partial charge >= 0.3 is 0 Å². The summed E-state index contributed by atoms with van der Waals surface area (Å²) in [5.74, 6) is -1.48. The summed E-state index contributed by atoms with van der Waals surface area (Å²) in [5.41, 5.74) is 1.36. The second-order valence-corrected chi connectivity index (χ2v) is 6.75. The van der Waals surface area contributed by atoms with E-state index in [4.69, 9.17) is 0 Å². The highest BCUT2D eigenvalue weighted by atomic mass is 79.9. The first-order valence-corrected chi connectivity index (χ1v) is 9.00. The van der Waals surface area contributed by atoms with Crippen molar-refractivity contribution in [2.24, 2.45) is 0 Å². The Kier molecular flexibility index (Phi) is 5.98. The lowest BCUT2D eigenvalue weighted by atomic mass is 10.0. The molecule has 6 heteroatoms. The van der Waals surface area contributed by atoms with Gasteiger partial charge in [-0.25, -0.2) is 4.39 Å². The van der Waals surface area contributed by atoms with Gasteiger partial charge in [0.2, 0.25) is 0 Å². The lowest BCUT2D eigenvalue weighted by molar-refractivity contribution is -0.118. The Morgan fingerprint density at radius 1 is 0.889 bits per heavy atom. The third kappa shape index (κ3) is 5.01. The summed E-state index contributed by atoms with van der Waals surface area (Å²) >= 11 is 3.17. The van der Waals surface area contributed by atoms with E-state index in [1.807, 2.05) is 12.1 Å². The van der Waals surface area contributed by atoms with E-state index < -0.39 is 23.7 Å². The van der Waals surface area contributed by atoms with E-state index in [0.717, 1.165) is 6.07 Å². The molecule has 3 aromatic carbocycles. The van der Waals surface area contributed by atoms with Crippen molar-refractivity contribution in [2.45, 2.75) is 6.04 Å². The molecule has 136 valence electrons. The minimum Gasteiger partial charge on any atom is -0.336 e. The molecule has 0 aliphatic carbocycles. The largest absolute Gasteiger partial charge is 0.336 e. The predicted molar refractivity (Wildman–Crippen MR) is 106 cm³/mol. The highest BCUT2D eigenvalue weighted by Crippen LogP contribution is 2.19. The van der Waals surface area contributed by atoms with Crippen LogP contribution in [-0.2, 0) is 4.79 Å². The van der Waals surface area contributed by atoms with Crippen LogP contribution < -0.4 is 10.6 Å². The molecule has 0 heterocycles. The van der Waals surface area contributed by atoms with Gasteiger partial charge in [0.1, 0.15) is 11.9 Å². The monoisotopic (exact) mass is 426 g/mol. The summed E-state index contributed by atoms with van der Waals surface area (Å²) in [7, 11) is 0. The molecule has 0 spiro atoms. The van der Waals surface area contributed by atoms with Gasteiger partial charge in [-0.2, -0.15) is 0 Å². The molecular formula is C21H16BrFN2O2. The van der Waals surface area contributed by atoms with Crippen molar-refractivity contribution in [3.63, 3.8) is 0 Å². The van der Waals surface area contributed by atoms with Crippen molar-refractivity contribution in [2.75, 3.05) is 5.32 Å². The Balaban J connectivity index is 1.86. The molecule has 2 N–H and O–H groups in total. The number of rotatable bonds is 5. The minimum absolute atomic E-state index is 0.121. The van der Waals surface area contributed by atoms with Crippen LogP contribution in [0.5, 0.6) is 0 Å². The average molecular weight is 427 g/mol. The first-order chi connectivity index (χ1) is 13.0. The summed E-state index contributed by atoms with van der Waals surface area (Å²) in [6, 6.07) is 20.8. The zero-order chi connectivity index (χ0) is 19.2. The van der Waals surface area contributed by atoms with Gasteiger partial charge in [0.15, 0.2) is 0 Å². The van der Waals surface area contributed by atoms with Crippen molar-refractivity contribution >= 4 is 33.4 Å². The zero-order valence-corrected chi connectivity index (χ0v) is 15.7. The van der Waals surface area contributed by atoms with E-state index in [9.17, 15) is 14.0 Å². The van der Waals surface area contributed by atoms with Gasteiger partial charge in [-0.15, -0.1) is 0 Å². The molecule has 0 fully saturated rings. The zero-order valence-electron chi connectivity index (χ0n) is 14.2. The summed E-state index contributed by atoms with van der Waals surface area (Å²) in [6.07, 6.45) is 0. The van der Waals surface area contributed by atoms with E-state index >= 15 is 0 Å². The van der Waals surface area contributed by atoms with Crippen LogP contribution in [0.2, 0.25) is 0 Å². The number of hydrogen-bond acceptors (Lipinski definition) is 2. The Labute approximate surface area is 164 Å². The van der Waals surface area contributed by atoms with Crippen molar-refractivity contribution in [1.82, 2.24) is 5.32 Å². The first-order valence-electron chi connectivity index (χ1n) is 8.21. The fourth-order valence-corrected chi connectivity index (χ4v) is 3.05. The van der Waals surface area contributed by atoms with Gasteiger partial charge in [-0.05, 0) is 35.9 Å². The molecular weight excluding hydrogens is 411 g/mol. The Morgan fingerprint density at radius 2 is 1.52 bits per heavy atom. The van der Waals surface area contributed by atoms with Gasteiger partial charge in [-0.1, -0.05) is 64.5 Å². The topological polar surface area (TPSA) is 58.2 Å². The number of carbonyl (C=O) groups excluding carboxylic acids is 2. The molecule has 1 atom stereocenters. The Hall–Kier alpha value is -2.99. The van der Waals surface area contributed by atoms with Gasteiger partial charge in [0, 0.05) is 15.7 Å². The summed E-state index contributed by atoms with van der Waals surface area (Å²) in [4.78, 5) is 25.4. The molecule has 1 unspecified atom stereocenters. The van der Waals surface area contributed by atoms with Crippen molar-refractivity contribution in [3.8, 4) is 0 Å². The molecule has 4 nitrogen and oxygen atoms in total. The molecule has 2 amide bonds. The first kappa shape index (κ1) is 18.8. The van der Waals surface area contributed by atoms with E-state index in [1.165, 1.54) is 12.1 Å². The molecule has 27 heavy (non-hydrogen) atoms. The summed E-state index contributed by atoms with van der Waals surface area (Å²) in [6.45, 7) is 0. The number of carbonyl (C=O) groups is 2. The molecule has 0 aromatic heterocycles. The lowest BCUT2D eigenvalue weighted by Crippen LogP contribution is -2.37. The molecule has 3 aromatic rings. The number of nitrogens with one attached hydrogen (secondary N) is 2. The maximum Gasteiger partial charge on any atom is 0.252 e. The van der Waals surface area contributed by atoms with Gasteiger partial charge in [0.25, 0.3) is 11.8 Å². The van der Waals surface area contributed by atoms with Crippen LogP contribution in [0.1, 0.15) is 22.0 Å². The smallest absolute Gasteiger partial charge is 0.252 e. The summed E-state index contributed by atoms with van der Waals surface area (Å²) < 4.78 is 14.0. The fraction of sp³-hybridized carbons (Fsp3) is 0.0476. The quantitative estimate of drug-likeness (QED) is 0.621. The van der Waals surface area contributed by atoms with Crippen LogP contribution in [-0.4, -0.2) is 11.8 Å². The van der Waals surface area contributed by atoms with Crippen molar-refractivity contribution in [1.29, 1.82) is 0 Å². The second-order valence-electron chi connectivity index (χ2n) is 5.83. The van der Waals surface area contributed by atoms with E-state index in [-0.39, 0.29) is 5.56 Å². The van der Waals surface area contributed by atoms with Crippen LogP contribution in [0.25, 0.3) is 0 Å². The van der Waals surface area contributed by atoms with E-state index in [1.54, 1.807) is 48.5 Å². The highest BCUT2D eigenvalue weighted by molar-refractivity contribution is 9.10. The molecule has 0 aliphatic rings. The summed E-state index contributed by atoms with van der Waals surface area (Å²) in [5, 5.41) is 5.47. The average Bonchev–Trinajstić information content (AvgIpc) is 2.66. The predicted octanol–water partition coefficient (Wildman–Crippen LogP) is 4.70. The van der Waals surface area contributed by atoms with Gasteiger partial charge in [-0.3, -0.25) is 9.59 Å². The fourth-order valence-electron chi connectivity index (χ4n) is 2.58. The third-order valence-corrected chi connectivity index (χ3v) is 4.29. The normalized spacial score (nSPS) is 11.5. The van der Waals surface area contributed by atoms with E-state index in [2.05, 4.69) is 26.6 Å². The molecule has 0 radical (unpaired) electrons. The van der Waals surface area contributed by atoms with Crippen LogP contribution >= 0.6 is 15.9 Å². The molecule has 0 bridgehead atoms. The number of benzene rings is 3. The van der Waals surface area contributed by atoms with E-state index in [0.29, 0.717) is 15.7 Å². The van der Waals surface area contributed by atoms with Gasteiger partial charge < -0.3 is 10.6 Å². The second kappa shape index (κ2) is 8.60. The number of hydrogen-bond donors (Lipinski definition) is 2. The van der Waals surface area contributed by atoms with Gasteiger partial charge in [0.05, 0.1) is 0 Å². The number of para-hydroxylation sites is 1. The minimum atomic E-state index is -0.930. The van der Waals surface area contributed by atoms with Crippen molar-refractivity contribution in [3.05, 3.63) is 100 Å². The number of amides is 2. The molecule has 0 saturated carbocycles. The lowest BCUT2D eigenvalue weighted by Gasteiger charge is -2.19. The molecule has 0 saturated heterocycles. The highest BCUT2D eigenvalue weighted by Gasteiger charge is 2.23. The van der Waals surface area contributed by atoms with Crippen LogP contribution in [0.3, 0.4) is 0 Å². The van der Waals surface area contributed by atoms with Crippen LogP contribution in [0, 0.1) is 5.82 Å². The maximum atomic E-state index is 13.6. The Bertz CT molecular complexity index is 929. The van der Waals surface area contributed by atoms with Crippen LogP contribution in [0.4, 0.5) is 10.1 Å².